The Bertz CT molecular complexity index is 447. The molecule has 0 heterocycles. The zero-order valence-corrected chi connectivity index (χ0v) is 11.4. The number of halogens is 2. The third kappa shape index (κ3) is 2.40. The van der Waals surface area contributed by atoms with E-state index in [4.69, 9.17) is 15.2 Å². The minimum Gasteiger partial charge on any atom is -0.493 e. The summed E-state index contributed by atoms with van der Waals surface area (Å²) in [5.74, 6) is 0.629. The van der Waals surface area contributed by atoms with E-state index in [2.05, 4.69) is 15.9 Å². The van der Waals surface area contributed by atoms with Crippen LogP contribution in [0.1, 0.15) is 18.4 Å². The molecule has 0 saturated heterocycles. The van der Waals surface area contributed by atoms with Gasteiger partial charge in [0.2, 0.25) is 0 Å². The van der Waals surface area contributed by atoms with E-state index in [0.717, 1.165) is 12.8 Å². The maximum atomic E-state index is 14.1. The molecule has 1 aromatic rings. The normalized spacial score (nSPS) is 16.8. The van der Waals surface area contributed by atoms with Crippen LogP contribution in [0, 0.1) is 5.82 Å². The summed E-state index contributed by atoms with van der Waals surface area (Å²) in [6.07, 6.45) is 2.31. The van der Waals surface area contributed by atoms with Gasteiger partial charge < -0.3 is 15.2 Å². The Morgan fingerprint density at radius 2 is 2.06 bits per heavy atom. The van der Waals surface area contributed by atoms with E-state index >= 15 is 0 Å². The topological polar surface area (TPSA) is 44.5 Å². The van der Waals surface area contributed by atoms with Gasteiger partial charge in [-0.1, -0.05) is 0 Å². The summed E-state index contributed by atoms with van der Waals surface area (Å²) in [5.41, 5.74) is 6.24. The molecule has 2 rings (SSSR count). The van der Waals surface area contributed by atoms with E-state index < -0.39 is 0 Å². The van der Waals surface area contributed by atoms with Crippen molar-refractivity contribution in [2.24, 2.45) is 5.73 Å². The van der Waals surface area contributed by atoms with Crippen molar-refractivity contribution in [3.05, 3.63) is 21.9 Å². The van der Waals surface area contributed by atoms with Gasteiger partial charge in [-0.2, -0.15) is 0 Å². The fraction of sp³-hybridized carbons (Fsp3) is 0.500. The average Bonchev–Trinajstić information content (AvgIpc) is 3.02. The van der Waals surface area contributed by atoms with Gasteiger partial charge in [0.25, 0.3) is 0 Å². The van der Waals surface area contributed by atoms with Crippen molar-refractivity contribution >= 4 is 15.9 Å². The number of benzene rings is 1. The van der Waals surface area contributed by atoms with Crippen LogP contribution in [0.25, 0.3) is 0 Å². The summed E-state index contributed by atoms with van der Waals surface area (Å²) in [6, 6.07) is 1.56. The minimum atomic E-state index is -0.320. The van der Waals surface area contributed by atoms with E-state index in [0.29, 0.717) is 28.0 Å². The van der Waals surface area contributed by atoms with Gasteiger partial charge in [-0.3, -0.25) is 0 Å². The second-order valence-corrected chi connectivity index (χ2v) is 5.28. The lowest BCUT2D eigenvalue weighted by molar-refractivity contribution is 0.346. The largest absolute Gasteiger partial charge is 0.493 e. The van der Waals surface area contributed by atoms with Crippen LogP contribution < -0.4 is 15.2 Å². The molecule has 94 valence electrons. The first-order valence-electron chi connectivity index (χ1n) is 5.38. The number of hydrogen-bond donors (Lipinski definition) is 1. The molecule has 0 unspecified atom stereocenters. The molecule has 0 aromatic heterocycles. The number of methoxy groups -OCH3 is 2. The maximum absolute atomic E-state index is 14.1. The Hall–Kier alpha value is -0.810. The Morgan fingerprint density at radius 1 is 1.41 bits per heavy atom. The van der Waals surface area contributed by atoms with Crippen molar-refractivity contribution in [3.8, 4) is 11.5 Å². The molecular formula is C12H15BrFNO2. The molecule has 1 aliphatic carbocycles. The van der Waals surface area contributed by atoms with Crippen LogP contribution in [-0.4, -0.2) is 19.8 Å². The van der Waals surface area contributed by atoms with Gasteiger partial charge >= 0.3 is 0 Å². The molecule has 0 aliphatic heterocycles. The van der Waals surface area contributed by atoms with Crippen molar-refractivity contribution in [3.63, 3.8) is 0 Å². The fourth-order valence-corrected chi connectivity index (χ4v) is 2.31. The average molecular weight is 304 g/mol. The van der Waals surface area contributed by atoms with Crippen LogP contribution in [0.3, 0.4) is 0 Å². The molecule has 2 N–H and O–H groups in total. The molecule has 0 spiro atoms. The quantitative estimate of drug-likeness (QED) is 0.930. The SMILES string of the molecule is COc1cc(Br)c(F)c(CC2(N)CC2)c1OC. The summed E-state index contributed by atoms with van der Waals surface area (Å²) < 4.78 is 24.9. The van der Waals surface area contributed by atoms with Gasteiger partial charge in [-0.05, 0) is 35.2 Å². The van der Waals surface area contributed by atoms with Crippen LogP contribution in [0.5, 0.6) is 11.5 Å². The first-order valence-corrected chi connectivity index (χ1v) is 6.18. The summed E-state index contributed by atoms with van der Waals surface area (Å²) in [7, 11) is 3.03. The summed E-state index contributed by atoms with van der Waals surface area (Å²) in [4.78, 5) is 0. The van der Waals surface area contributed by atoms with Crippen molar-refractivity contribution in [1.82, 2.24) is 0 Å². The molecule has 1 fully saturated rings. The molecule has 3 nitrogen and oxygen atoms in total. The molecule has 0 bridgehead atoms. The number of nitrogens with two attached hydrogens (primary N) is 1. The molecular weight excluding hydrogens is 289 g/mol. The summed E-state index contributed by atoms with van der Waals surface area (Å²) >= 11 is 3.18. The van der Waals surface area contributed by atoms with E-state index in [1.54, 1.807) is 6.07 Å². The minimum absolute atomic E-state index is 0.278. The Morgan fingerprint density at radius 3 is 2.53 bits per heavy atom. The van der Waals surface area contributed by atoms with Crippen molar-refractivity contribution in [2.75, 3.05) is 14.2 Å². The zero-order valence-electron chi connectivity index (χ0n) is 9.85. The molecule has 0 atom stereocenters. The highest BCUT2D eigenvalue weighted by molar-refractivity contribution is 9.10. The first kappa shape index (κ1) is 12.6. The predicted octanol–water partition coefficient (Wildman–Crippen LogP) is 2.64. The maximum Gasteiger partial charge on any atom is 0.166 e. The fourth-order valence-electron chi connectivity index (χ4n) is 1.86. The molecule has 1 saturated carbocycles. The lowest BCUT2D eigenvalue weighted by Gasteiger charge is -2.17. The second-order valence-electron chi connectivity index (χ2n) is 4.43. The number of rotatable bonds is 4. The van der Waals surface area contributed by atoms with Gasteiger partial charge in [0.15, 0.2) is 11.5 Å². The smallest absolute Gasteiger partial charge is 0.166 e. The van der Waals surface area contributed by atoms with Crippen LogP contribution in [0.2, 0.25) is 0 Å². The van der Waals surface area contributed by atoms with Gasteiger partial charge in [-0.25, -0.2) is 4.39 Å². The van der Waals surface area contributed by atoms with E-state index in [1.807, 2.05) is 0 Å². The highest BCUT2D eigenvalue weighted by Gasteiger charge is 2.40. The Labute approximate surface area is 108 Å². The van der Waals surface area contributed by atoms with Crippen LogP contribution in [-0.2, 0) is 6.42 Å². The molecule has 0 radical (unpaired) electrons. The van der Waals surface area contributed by atoms with Crippen LogP contribution in [0.15, 0.2) is 10.5 Å². The second kappa shape index (κ2) is 4.46. The molecule has 1 aromatic carbocycles. The van der Waals surface area contributed by atoms with Gasteiger partial charge in [0.05, 0.1) is 18.7 Å². The molecule has 17 heavy (non-hydrogen) atoms. The molecule has 1 aliphatic rings. The van der Waals surface area contributed by atoms with Crippen molar-refractivity contribution < 1.29 is 13.9 Å². The number of ether oxygens (including phenoxy) is 2. The van der Waals surface area contributed by atoms with Crippen molar-refractivity contribution in [2.45, 2.75) is 24.8 Å². The third-order valence-electron chi connectivity index (χ3n) is 3.08. The molecule has 0 amide bonds. The van der Waals surface area contributed by atoms with E-state index in [-0.39, 0.29) is 11.4 Å². The lowest BCUT2D eigenvalue weighted by atomic mass is 10.0. The van der Waals surface area contributed by atoms with E-state index in [9.17, 15) is 4.39 Å². The first-order chi connectivity index (χ1) is 8.00. The predicted molar refractivity (Wildman–Crippen MR) is 67.1 cm³/mol. The van der Waals surface area contributed by atoms with Crippen LogP contribution >= 0.6 is 15.9 Å². The zero-order chi connectivity index (χ0) is 12.6. The highest BCUT2D eigenvalue weighted by Crippen LogP contribution is 2.43. The van der Waals surface area contributed by atoms with Gasteiger partial charge in [-0.15, -0.1) is 0 Å². The molecule has 5 heteroatoms. The van der Waals surface area contributed by atoms with Gasteiger partial charge in [0, 0.05) is 17.2 Å². The Kier molecular flexibility index (Phi) is 3.32. The summed E-state index contributed by atoms with van der Waals surface area (Å²) in [5, 5.41) is 0. The summed E-state index contributed by atoms with van der Waals surface area (Å²) in [6.45, 7) is 0. The third-order valence-corrected chi connectivity index (χ3v) is 3.65. The highest BCUT2D eigenvalue weighted by atomic mass is 79.9. The Balaban J connectivity index is 2.48. The van der Waals surface area contributed by atoms with Crippen LogP contribution in [0.4, 0.5) is 4.39 Å². The van der Waals surface area contributed by atoms with Crippen molar-refractivity contribution in [1.29, 1.82) is 0 Å². The number of hydrogen-bond acceptors (Lipinski definition) is 3. The monoisotopic (exact) mass is 303 g/mol. The standard InChI is InChI=1S/C12H15BrFNO2/c1-16-9-5-8(13)10(14)7(11(9)17-2)6-12(15)3-4-12/h5H,3-4,6,15H2,1-2H3. The van der Waals surface area contributed by atoms with Gasteiger partial charge in [0.1, 0.15) is 5.82 Å². The lowest BCUT2D eigenvalue weighted by Crippen LogP contribution is -2.25. The van der Waals surface area contributed by atoms with E-state index in [1.165, 1.54) is 14.2 Å².